The maximum absolute atomic E-state index is 12.1. The van der Waals surface area contributed by atoms with Crippen molar-refractivity contribution in [3.8, 4) is 0 Å². The lowest BCUT2D eigenvalue weighted by Crippen LogP contribution is -2.42. The minimum Gasteiger partial charge on any atom is -0.481 e. The van der Waals surface area contributed by atoms with E-state index in [4.69, 9.17) is 14.2 Å². The molecule has 5 atom stereocenters. The number of carboxylic acid groups (broad SMARTS) is 1. The molecule has 1 aliphatic heterocycles. The molecule has 0 radical (unpaired) electrons. The number of carboxylic acids is 1. The van der Waals surface area contributed by atoms with Crippen LogP contribution in [-0.2, 0) is 19.0 Å². The second-order valence-corrected chi connectivity index (χ2v) is 10.7. The summed E-state index contributed by atoms with van der Waals surface area (Å²) in [7, 11) is 0. The third-order valence-electron chi connectivity index (χ3n) is 5.94. The van der Waals surface area contributed by atoms with Crippen LogP contribution in [-0.4, -0.2) is 46.8 Å². The number of rotatable bonds is 7. The van der Waals surface area contributed by atoms with Gasteiger partial charge in [0.1, 0.15) is 11.7 Å². The van der Waals surface area contributed by atoms with Crippen LogP contribution in [0.2, 0.25) is 0 Å². The van der Waals surface area contributed by atoms with E-state index in [1.165, 1.54) is 0 Å². The van der Waals surface area contributed by atoms with Crippen LogP contribution in [0, 0.1) is 17.8 Å². The highest BCUT2D eigenvalue weighted by Crippen LogP contribution is 2.38. The molecule has 174 valence electrons. The fraction of sp³-hybridized carbons (Fsp3) is 0.913. The van der Waals surface area contributed by atoms with Crippen molar-refractivity contribution in [2.24, 2.45) is 17.8 Å². The first kappa shape index (κ1) is 24.9. The molecule has 2 rings (SSSR count). The number of alkyl carbamates (subject to hydrolysis) is 1. The predicted octanol–water partition coefficient (Wildman–Crippen LogP) is 4.73. The highest BCUT2D eigenvalue weighted by molar-refractivity contribution is 5.71. The molecule has 2 fully saturated rings. The minimum absolute atomic E-state index is 0.0374. The Morgan fingerprint density at radius 1 is 1.17 bits per heavy atom. The maximum Gasteiger partial charge on any atom is 0.407 e. The molecule has 1 amide bonds. The smallest absolute Gasteiger partial charge is 0.407 e. The van der Waals surface area contributed by atoms with Crippen molar-refractivity contribution in [3.05, 3.63) is 0 Å². The van der Waals surface area contributed by atoms with Crippen LogP contribution in [0.5, 0.6) is 0 Å². The first-order valence-corrected chi connectivity index (χ1v) is 11.4. The summed E-state index contributed by atoms with van der Waals surface area (Å²) in [6.45, 7) is 13.1. The number of hydrogen-bond donors (Lipinski definition) is 2. The number of hydrogen-bond acceptors (Lipinski definition) is 5. The van der Waals surface area contributed by atoms with E-state index in [-0.39, 0.29) is 24.2 Å². The molecule has 0 aromatic heterocycles. The van der Waals surface area contributed by atoms with Gasteiger partial charge in [-0.2, -0.15) is 0 Å². The van der Waals surface area contributed by atoms with E-state index in [1.807, 2.05) is 48.5 Å². The van der Waals surface area contributed by atoms with Gasteiger partial charge in [0.25, 0.3) is 0 Å². The summed E-state index contributed by atoms with van der Waals surface area (Å²) in [6.07, 6.45) is 4.69. The molecular formula is C23H41NO6. The van der Waals surface area contributed by atoms with Crippen molar-refractivity contribution in [2.75, 3.05) is 0 Å². The van der Waals surface area contributed by atoms with E-state index in [1.54, 1.807) is 0 Å². The van der Waals surface area contributed by atoms with Crippen molar-refractivity contribution in [1.29, 1.82) is 0 Å². The van der Waals surface area contributed by atoms with Crippen molar-refractivity contribution in [1.82, 2.24) is 5.32 Å². The monoisotopic (exact) mass is 427 g/mol. The van der Waals surface area contributed by atoms with Crippen LogP contribution in [0.1, 0.15) is 87.0 Å². The van der Waals surface area contributed by atoms with Gasteiger partial charge in [0.2, 0.25) is 0 Å². The van der Waals surface area contributed by atoms with Gasteiger partial charge in [-0.05, 0) is 72.1 Å². The third-order valence-corrected chi connectivity index (χ3v) is 5.94. The molecule has 7 nitrogen and oxygen atoms in total. The second kappa shape index (κ2) is 9.86. The number of aliphatic carboxylic acids is 1. The van der Waals surface area contributed by atoms with E-state index in [0.717, 1.165) is 38.5 Å². The molecule has 1 saturated heterocycles. The van der Waals surface area contributed by atoms with E-state index >= 15 is 0 Å². The number of ether oxygens (including phenoxy) is 3. The molecule has 1 heterocycles. The summed E-state index contributed by atoms with van der Waals surface area (Å²) >= 11 is 0. The first-order valence-electron chi connectivity index (χ1n) is 11.4. The Morgan fingerprint density at radius 3 is 2.40 bits per heavy atom. The van der Waals surface area contributed by atoms with Crippen LogP contribution < -0.4 is 5.32 Å². The highest BCUT2D eigenvalue weighted by Gasteiger charge is 2.48. The first-order chi connectivity index (χ1) is 13.8. The minimum atomic E-state index is -0.833. The fourth-order valence-electron chi connectivity index (χ4n) is 4.75. The zero-order valence-corrected chi connectivity index (χ0v) is 19.7. The van der Waals surface area contributed by atoms with Crippen LogP contribution >= 0.6 is 0 Å². The van der Waals surface area contributed by atoms with Gasteiger partial charge >= 0.3 is 12.1 Å². The fourth-order valence-corrected chi connectivity index (χ4v) is 4.75. The third kappa shape index (κ3) is 7.41. The van der Waals surface area contributed by atoms with E-state index in [2.05, 4.69) is 5.32 Å². The van der Waals surface area contributed by atoms with Gasteiger partial charge in [0.05, 0.1) is 12.0 Å². The molecule has 0 bridgehead atoms. The quantitative estimate of drug-likeness (QED) is 0.610. The van der Waals surface area contributed by atoms with E-state index < -0.39 is 29.4 Å². The molecule has 7 heteroatoms. The molecule has 0 spiro atoms. The Kier molecular flexibility index (Phi) is 8.19. The lowest BCUT2D eigenvalue weighted by atomic mass is 9.80. The zero-order valence-electron chi connectivity index (χ0n) is 19.7. The predicted molar refractivity (Wildman–Crippen MR) is 114 cm³/mol. The average molecular weight is 428 g/mol. The molecule has 1 unspecified atom stereocenters. The standard InChI is InChI=1S/C23H41NO6/c1-14(2)18(20(25)26)19-17(28-23(6,7)29-19)12-11-15-9-8-10-16(13-15)24-21(27)30-22(3,4)5/h14-19H,8-13H2,1-7H3,(H,24,27)(H,25,26)/t15?,16-,17+,18+,19-/m0/s1. The maximum atomic E-state index is 12.1. The number of nitrogens with one attached hydrogen (secondary N) is 1. The molecule has 2 aliphatic rings. The average Bonchev–Trinajstić information content (AvgIpc) is 2.85. The van der Waals surface area contributed by atoms with Crippen LogP contribution in [0.15, 0.2) is 0 Å². The van der Waals surface area contributed by atoms with Gasteiger partial charge in [-0.3, -0.25) is 4.79 Å². The Bertz CT molecular complexity index is 597. The van der Waals surface area contributed by atoms with Gasteiger partial charge < -0.3 is 24.6 Å². The number of carbonyl (C=O) groups excluding carboxylic acids is 1. The Morgan fingerprint density at radius 2 is 1.83 bits per heavy atom. The summed E-state index contributed by atoms with van der Waals surface area (Å²) in [5, 5.41) is 12.7. The van der Waals surface area contributed by atoms with Gasteiger partial charge in [-0.1, -0.05) is 26.7 Å². The van der Waals surface area contributed by atoms with Crippen molar-refractivity contribution >= 4 is 12.1 Å². The van der Waals surface area contributed by atoms with E-state index in [0.29, 0.717) is 5.92 Å². The Balaban J connectivity index is 1.92. The topological polar surface area (TPSA) is 94.1 Å². The lowest BCUT2D eigenvalue weighted by Gasteiger charge is -2.32. The summed E-state index contributed by atoms with van der Waals surface area (Å²) in [4.78, 5) is 23.9. The largest absolute Gasteiger partial charge is 0.481 e. The number of amides is 1. The Hall–Kier alpha value is -1.34. The van der Waals surface area contributed by atoms with Crippen molar-refractivity contribution in [2.45, 2.75) is 117 Å². The van der Waals surface area contributed by atoms with E-state index in [9.17, 15) is 14.7 Å². The summed E-state index contributed by atoms with van der Waals surface area (Å²) < 4.78 is 17.5. The van der Waals surface area contributed by atoms with Gasteiger partial charge in [0, 0.05) is 6.04 Å². The molecule has 0 aromatic rings. The SMILES string of the molecule is CC(C)[C@@H](C(=O)O)[C@H]1OC(C)(C)O[C@@H]1CCC1CCC[C@H](NC(=O)OC(C)(C)C)C1. The summed E-state index contributed by atoms with van der Waals surface area (Å²) in [5.41, 5.74) is -0.503. The van der Waals surface area contributed by atoms with Gasteiger partial charge in [-0.15, -0.1) is 0 Å². The van der Waals surface area contributed by atoms with Crippen molar-refractivity contribution in [3.63, 3.8) is 0 Å². The molecular weight excluding hydrogens is 386 g/mol. The van der Waals surface area contributed by atoms with Gasteiger partial charge in [0.15, 0.2) is 5.79 Å². The molecule has 1 saturated carbocycles. The molecule has 30 heavy (non-hydrogen) atoms. The van der Waals surface area contributed by atoms with Gasteiger partial charge in [-0.25, -0.2) is 4.79 Å². The van der Waals surface area contributed by atoms with Crippen LogP contribution in [0.3, 0.4) is 0 Å². The molecule has 2 N–H and O–H groups in total. The zero-order chi connectivity index (χ0) is 22.7. The molecule has 0 aromatic carbocycles. The van der Waals surface area contributed by atoms with Crippen LogP contribution in [0.25, 0.3) is 0 Å². The van der Waals surface area contributed by atoms with Crippen LogP contribution in [0.4, 0.5) is 4.79 Å². The lowest BCUT2D eigenvalue weighted by molar-refractivity contribution is -0.163. The normalized spacial score (nSPS) is 30.1. The van der Waals surface area contributed by atoms with Crippen molar-refractivity contribution < 1.29 is 28.9 Å². The Labute approximate surface area is 181 Å². The summed E-state index contributed by atoms with van der Waals surface area (Å²) in [6, 6.07) is 0.119. The molecule has 1 aliphatic carbocycles. The highest BCUT2D eigenvalue weighted by atomic mass is 16.8. The summed E-state index contributed by atoms with van der Waals surface area (Å²) in [5.74, 6) is -1.77. The number of carbonyl (C=O) groups is 2. The second-order valence-electron chi connectivity index (χ2n) is 10.7.